The van der Waals surface area contributed by atoms with Crippen molar-refractivity contribution in [2.75, 3.05) is 31.0 Å². The van der Waals surface area contributed by atoms with Gasteiger partial charge in [-0.05, 0) is 55.9 Å². The number of methoxy groups -OCH3 is 1. The molecule has 0 spiro atoms. The summed E-state index contributed by atoms with van der Waals surface area (Å²) in [5.41, 5.74) is 2.13. The molecule has 0 amide bonds. The summed E-state index contributed by atoms with van der Waals surface area (Å²) in [6.45, 7) is 3.79. The maximum Gasteiger partial charge on any atom is 0.340 e. The summed E-state index contributed by atoms with van der Waals surface area (Å²) in [6, 6.07) is 16.0. The Bertz CT molecular complexity index is 1260. The van der Waals surface area contributed by atoms with E-state index in [0.29, 0.717) is 17.0 Å². The number of ether oxygens (including phenoxy) is 3. The first-order valence-electron chi connectivity index (χ1n) is 11.2. The summed E-state index contributed by atoms with van der Waals surface area (Å²) in [7, 11) is 1.31. The fraction of sp³-hybridized carbons (Fsp3) is 0.231. The SMILES string of the molecule is CCOC(=O)c1ccc(C(=O)OCC)c(NC(=S)Nc2sc(Cc3ccccc3)cc2C(=O)OC)c1. The number of thiocarbonyl (C=S) groups is 1. The number of anilines is 2. The van der Waals surface area contributed by atoms with E-state index in [9.17, 15) is 14.4 Å². The summed E-state index contributed by atoms with van der Waals surface area (Å²) >= 11 is 6.84. The van der Waals surface area contributed by atoms with Crippen molar-refractivity contribution < 1.29 is 28.6 Å². The van der Waals surface area contributed by atoms with Crippen molar-refractivity contribution in [1.82, 2.24) is 0 Å². The van der Waals surface area contributed by atoms with Crippen LogP contribution in [-0.2, 0) is 20.6 Å². The Hall–Kier alpha value is -3.76. The quantitative estimate of drug-likeness (QED) is 0.219. The van der Waals surface area contributed by atoms with Crippen molar-refractivity contribution in [3.8, 4) is 0 Å². The first kappa shape index (κ1) is 26.8. The van der Waals surface area contributed by atoms with Gasteiger partial charge in [-0.3, -0.25) is 0 Å². The molecule has 3 rings (SSSR count). The van der Waals surface area contributed by atoms with Gasteiger partial charge in [-0.1, -0.05) is 30.3 Å². The highest BCUT2D eigenvalue weighted by Crippen LogP contribution is 2.31. The molecule has 0 radical (unpaired) electrons. The van der Waals surface area contributed by atoms with Gasteiger partial charge >= 0.3 is 17.9 Å². The zero-order chi connectivity index (χ0) is 26.1. The first-order valence-corrected chi connectivity index (χ1v) is 12.4. The molecule has 1 aromatic heterocycles. The van der Waals surface area contributed by atoms with Crippen LogP contribution in [0.5, 0.6) is 0 Å². The number of rotatable bonds is 9. The minimum Gasteiger partial charge on any atom is -0.465 e. The number of hydrogen-bond donors (Lipinski definition) is 2. The topological polar surface area (TPSA) is 103 Å². The number of nitrogens with one attached hydrogen (secondary N) is 2. The predicted molar refractivity (Wildman–Crippen MR) is 143 cm³/mol. The molecule has 0 aliphatic carbocycles. The van der Waals surface area contributed by atoms with Crippen LogP contribution in [0.25, 0.3) is 0 Å². The summed E-state index contributed by atoms with van der Waals surface area (Å²) in [6.07, 6.45) is 0.631. The molecule has 36 heavy (non-hydrogen) atoms. The molecule has 0 saturated carbocycles. The Morgan fingerprint density at radius 1 is 0.861 bits per heavy atom. The number of esters is 3. The molecule has 2 N–H and O–H groups in total. The Balaban J connectivity index is 1.87. The third-order valence-corrected chi connectivity index (χ3v) is 6.17. The summed E-state index contributed by atoms with van der Waals surface area (Å²) < 4.78 is 15.1. The van der Waals surface area contributed by atoms with E-state index in [-0.39, 0.29) is 35.1 Å². The normalized spacial score (nSPS) is 10.3. The second kappa shape index (κ2) is 12.8. The van der Waals surface area contributed by atoms with Crippen molar-refractivity contribution in [3.63, 3.8) is 0 Å². The highest BCUT2D eigenvalue weighted by Gasteiger charge is 2.20. The van der Waals surface area contributed by atoms with E-state index < -0.39 is 17.9 Å². The minimum atomic E-state index is -0.574. The average Bonchev–Trinajstić information content (AvgIpc) is 3.26. The van der Waals surface area contributed by atoms with E-state index in [2.05, 4.69) is 10.6 Å². The van der Waals surface area contributed by atoms with Gasteiger partial charge in [0.25, 0.3) is 0 Å². The van der Waals surface area contributed by atoms with Gasteiger partial charge in [0.05, 0.1) is 42.7 Å². The van der Waals surface area contributed by atoms with Crippen molar-refractivity contribution in [2.24, 2.45) is 0 Å². The Morgan fingerprint density at radius 3 is 2.22 bits per heavy atom. The monoisotopic (exact) mass is 526 g/mol. The van der Waals surface area contributed by atoms with E-state index in [0.717, 1.165) is 10.4 Å². The molecule has 188 valence electrons. The van der Waals surface area contributed by atoms with Gasteiger partial charge in [0.15, 0.2) is 5.11 Å². The van der Waals surface area contributed by atoms with E-state index in [1.54, 1.807) is 19.9 Å². The lowest BCUT2D eigenvalue weighted by Crippen LogP contribution is -2.22. The molecular weight excluding hydrogens is 500 g/mol. The Labute approximate surface area is 218 Å². The fourth-order valence-electron chi connectivity index (χ4n) is 3.31. The van der Waals surface area contributed by atoms with Crippen LogP contribution in [0.3, 0.4) is 0 Å². The minimum absolute atomic E-state index is 0.111. The molecule has 8 nitrogen and oxygen atoms in total. The number of benzene rings is 2. The van der Waals surface area contributed by atoms with Gasteiger partial charge in [0.2, 0.25) is 0 Å². The van der Waals surface area contributed by atoms with Crippen LogP contribution in [0.2, 0.25) is 0 Å². The van der Waals surface area contributed by atoms with E-state index in [1.807, 2.05) is 30.3 Å². The third kappa shape index (κ3) is 6.89. The number of hydrogen-bond acceptors (Lipinski definition) is 8. The smallest absolute Gasteiger partial charge is 0.340 e. The summed E-state index contributed by atoms with van der Waals surface area (Å²) in [5, 5.41) is 6.57. The van der Waals surface area contributed by atoms with Crippen LogP contribution in [0.4, 0.5) is 10.7 Å². The van der Waals surface area contributed by atoms with Crippen molar-refractivity contribution in [1.29, 1.82) is 0 Å². The lowest BCUT2D eigenvalue weighted by Gasteiger charge is -2.15. The van der Waals surface area contributed by atoms with Gasteiger partial charge < -0.3 is 24.8 Å². The standard InChI is InChI=1S/C26H26N2O6S2/c1-4-33-23(29)17-11-12-19(25(31)34-5-2)21(14-17)27-26(35)28-22-20(24(30)32-3)15-18(36-22)13-16-9-7-6-8-10-16/h6-12,14-15H,4-5,13H2,1-3H3,(H2,27,28,35). The van der Waals surface area contributed by atoms with Crippen LogP contribution in [0.1, 0.15) is 55.4 Å². The van der Waals surface area contributed by atoms with Crippen LogP contribution >= 0.6 is 23.6 Å². The third-order valence-electron chi connectivity index (χ3n) is 4.91. The number of carbonyl (C=O) groups excluding carboxylic acids is 3. The molecule has 1 heterocycles. The molecule has 0 saturated heterocycles. The lowest BCUT2D eigenvalue weighted by molar-refractivity contribution is 0.0512. The van der Waals surface area contributed by atoms with Gasteiger partial charge in [0.1, 0.15) is 5.00 Å². The summed E-state index contributed by atoms with van der Waals surface area (Å²) in [4.78, 5) is 38.0. The molecule has 2 aromatic carbocycles. The Kier molecular flexibility index (Phi) is 9.54. The zero-order valence-corrected chi connectivity index (χ0v) is 21.7. The summed E-state index contributed by atoms with van der Waals surface area (Å²) in [5.74, 6) is -1.62. The number of carbonyl (C=O) groups is 3. The molecule has 10 heteroatoms. The van der Waals surface area contributed by atoms with Crippen LogP contribution in [0, 0.1) is 0 Å². The van der Waals surface area contributed by atoms with Crippen molar-refractivity contribution >= 4 is 57.3 Å². The largest absolute Gasteiger partial charge is 0.465 e. The van der Waals surface area contributed by atoms with Crippen molar-refractivity contribution in [3.05, 3.63) is 81.7 Å². The Morgan fingerprint density at radius 2 is 1.56 bits per heavy atom. The molecule has 0 unspecified atom stereocenters. The fourth-order valence-corrected chi connectivity index (χ4v) is 4.67. The second-order valence-corrected chi connectivity index (χ2v) is 8.93. The van der Waals surface area contributed by atoms with Crippen molar-refractivity contribution in [2.45, 2.75) is 20.3 Å². The molecule has 0 aliphatic heterocycles. The number of thiophene rings is 1. The van der Waals surface area contributed by atoms with Gasteiger partial charge in [0, 0.05) is 11.3 Å². The van der Waals surface area contributed by atoms with Crippen LogP contribution in [-0.4, -0.2) is 43.3 Å². The molecular formula is C26H26N2O6S2. The maximum atomic E-state index is 12.5. The van der Waals surface area contributed by atoms with E-state index in [1.165, 1.54) is 36.6 Å². The maximum absolute atomic E-state index is 12.5. The zero-order valence-electron chi connectivity index (χ0n) is 20.1. The van der Waals surface area contributed by atoms with E-state index in [4.69, 9.17) is 26.4 Å². The lowest BCUT2D eigenvalue weighted by atomic mass is 10.1. The highest BCUT2D eigenvalue weighted by molar-refractivity contribution is 7.80. The first-order chi connectivity index (χ1) is 17.4. The molecule has 0 bridgehead atoms. The molecule has 3 aromatic rings. The highest BCUT2D eigenvalue weighted by atomic mass is 32.1. The van der Waals surface area contributed by atoms with Gasteiger partial charge in [-0.15, -0.1) is 11.3 Å². The van der Waals surface area contributed by atoms with E-state index >= 15 is 0 Å². The molecule has 0 aliphatic rings. The predicted octanol–water partition coefficient (Wildman–Crippen LogP) is 5.29. The average molecular weight is 527 g/mol. The van der Waals surface area contributed by atoms with Gasteiger partial charge in [-0.25, -0.2) is 14.4 Å². The molecule has 0 atom stereocenters. The van der Waals surface area contributed by atoms with Crippen LogP contribution in [0.15, 0.2) is 54.6 Å². The molecule has 0 fully saturated rings. The van der Waals surface area contributed by atoms with Crippen LogP contribution < -0.4 is 10.6 Å². The second-order valence-electron chi connectivity index (χ2n) is 7.39. The van der Waals surface area contributed by atoms with Gasteiger partial charge in [-0.2, -0.15) is 0 Å².